The second kappa shape index (κ2) is 8.71. The third-order valence-corrected chi connectivity index (χ3v) is 4.78. The Hall–Kier alpha value is -2.82. The smallest absolute Gasteiger partial charge is 0.265 e. The van der Waals surface area contributed by atoms with Gasteiger partial charge in [0.1, 0.15) is 5.75 Å². The number of aryl methyl sites for hydroxylation is 1. The van der Waals surface area contributed by atoms with E-state index in [1.807, 2.05) is 67.3 Å². The SMILES string of the molecule is CCN(Cc1ccccc1)C(=O)CCCN1C(=O)COc2ccc(C)cc21. The van der Waals surface area contributed by atoms with Crippen molar-refractivity contribution < 1.29 is 14.3 Å². The van der Waals surface area contributed by atoms with Crippen molar-refractivity contribution in [3.8, 4) is 5.75 Å². The molecule has 27 heavy (non-hydrogen) atoms. The summed E-state index contributed by atoms with van der Waals surface area (Å²) >= 11 is 0. The second-order valence-electron chi connectivity index (χ2n) is 6.80. The first-order valence-electron chi connectivity index (χ1n) is 9.44. The summed E-state index contributed by atoms with van der Waals surface area (Å²) in [5.41, 5.74) is 3.00. The molecule has 0 bridgehead atoms. The lowest BCUT2D eigenvalue weighted by molar-refractivity contribution is -0.131. The summed E-state index contributed by atoms with van der Waals surface area (Å²) < 4.78 is 5.50. The van der Waals surface area contributed by atoms with E-state index < -0.39 is 0 Å². The topological polar surface area (TPSA) is 49.9 Å². The Morgan fingerprint density at radius 1 is 1.19 bits per heavy atom. The van der Waals surface area contributed by atoms with Crippen LogP contribution >= 0.6 is 0 Å². The maximum absolute atomic E-state index is 12.6. The molecule has 0 aliphatic carbocycles. The first kappa shape index (κ1) is 19.0. The van der Waals surface area contributed by atoms with E-state index in [2.05, 4.69) is 0 Å². The van der Waals surface area contributed by atoms with Crippen molar-refractivity contribution >= 4 is 17.5 Å². The molecule has 0 aromatic heterocycles. The number of ether oxygens (including phenoxy) is 1. The third kappa shape index (κ3) is 4.67. The summed E-state index contributed by atoms with van der Waals surface area (Å²) in [6, 6.07) is 15.8. The maximum atomic E-state index is 12.6. The molecule has 5 nitrogen and oxygen atoms in total. The monoisotopic (exact) mass is 366 g/mol. The van der Waals surface area contributed by atoms with Crippen LogP contribution in [0, 0.1) is 6.92 Å². The van der Waals surface area contributed by atoms with Gasteiger partial charge >= 0.3 is 0 Å². The van der Waals surface area contributed by atoms with Crippen LogP contribution in [0.5, 0.6) is 5.75 Å². The molecule has 0 saturated carbocycles. The van der Waals surface area contributed by atoms with Gasteiger partial charge in [-0.05, 0) is 43.5 Å². The minimum Gasteiger partial charge on any atom is -0.482 e. The number of amides is 2. The maximum Gasteiger partial charge on any atom is 0.265 e. The van der Waals surface area contributed by atoms with Crippen LogP contribution in [0.2, 0.25) is 0 Å². The number of carbonyl (C=O) groups excluding carboxylic acids is 2. The minimum atomic E-state index is -0.0582. The summed E-state index contributed by atoms with van der Waals surface area (Å²) in [5.74, 6) is 0.787. The van der Waals surface area contributed by atoms with E-state index in [9.17, 15) is 9.59 Å². The van der Waals surface area contributed by atoms with Crippen molar-refractivity contribution in [2.45, 2.75) is 33.2 Å². The van der Waals surface area contributed by atoms with Gasteiger partial charge in [0, 0.05) is 26.1 Å². The zero-order valence-corrected chi connectivity index (χ0v) is 16.0. The fourth-order valence-electron chi connectivity index (χ4n) is 3.28. The standard InChI is InChI=1S/C22H26N2O3/c1-3-23(15-18-8-5-4-6-9-18)21(25)10-7-13-24-19-14-17(2)11-12-20(19)27-16-22(24)26/h4-6,8-9,11-12,14H,3,7,10,13,15-16H2,1-2H3. The van der Waals surface area contributed by atoms with Gasteiger partial charge in [0.15, 0.2) is 6.61 Å². The summed E-state index contributed by atoms with van der Waals surface area (Å²) in [6.07, 6.45) is 1.05. The minimum absolute atomic E-state index is 0.0547. The van der Waals surface area contributed by atoms with Crippen molar-refractivity contribution in [3.63, 3.8) is 0 Å². The second-order valence-corrected chi connectivity index (χ2v) is 6.80. The zero-order chi connectivity index (χ0) is 19.2. The highest BCUT2D eigenvalue weighted by atomic mass is 16.5. The fraction of sp³-hybridized carbons (Fsp3) is 0.364. The van der Waals surface area contributed by atoms with Gasteiger partial charge in [-0.1, -0.05) is 36.4 Å². The van der Waals surface area contributed by atoms with Gasteiger partial charge in [0.25, 0.3) is 5.91 Å². The third-order valence-electron chi connectivity index (χ3n) is 4.78. The van der Waals surface area contributed by atoms with Crippen LogP contribution in [0.15, 0.2) is 48.5 Å². The van der Waals surface area contributed by atoms with E-state index in [4.69, 9.17) is 4.74 Å². The Labute approximate surface area is 160 Å². The van der Waals surface area contributed by atoms with E-state index >= 15 is 0 Å². The molecule has 0 N–H and O–H groups in total. The van der Waals surface area contributed by atoms with Gasteiger partial charge < -0.3 is 14.5 Å². The van der Waals surface area contributed by atoms with Crippen LogP contribution < -0.4 is 9.64 Å². The molecular weight excluding hydrogens is 340 g/mol. The van der Waals surface area contributed by atoms with Crippen LogP contribution in [0.4, 0.5) is 5.69 Å². The van der Waals surface area contributed by atoms with E-state index in [1.165, 1.54) is 0 Å². The Balaban J connectivity index is 1.58. The Morgan fingerprint density at radius 2 is 1.96 bits per heavy atom. The zero-order valence-electron chi connectivity index (χ0n) is 16.0. The van der Waals surface area contributed by atoms with Gasteiger partial charge in [-0.15, -0.1) is 0 Å². The van der Waals surface area contributed by atoms with Crippen molar-refractivity contribution in [2.24, 2.45) is 0 Å². The van der Waals surface area contributed by atoms with Crippen LogP contribution in [0.3, 0.4) is 0 Å². The van der Waals surface area contributed by atoms with E-state index in [0.29, 0.717) is 32.5 Å². The first-order valence-corrected chi connectivity index (χ1v) is 9.44. The Morgan fingerprint density at radius 3 is 2.70 bits per heavy atom. The molecule has 5 heteroatoms. The fourth-order valence-corrected chi connectivity index (χ4v) is 3.28. The molecule has 0 spiro atoms. The Bertz CT molecular complexity index is 804. The highest BCUT2D eigenvalue weighted by Crippen LogP contribution is 2.33. The number of fused-ring (bicyclic) bond motifs is 1. The number of hydrogen-bond donors (Lipinski definition) is 0. The van der Waals surface area contributed by atoms with Gasteiger partial charge in [-0.3, -0.25) is 9.59 Å². The number of anilines is 1. The Kier molecular flexibility index (Phi) is 6.12. The molecule has 0 radical (unpaired) electrons. The lowest BCUT2D eigenvalue weighted by Crippen LogP contribution is -2.40. The predicted octanol–water partition coefficient (Wildman–Crippen LogP) is 3.55. The highest BCUT2D eigenvalue weighted by Gasteiger charge is 2.25. The molecule has 0 saturated heterocycles. The van der Waals surface area contributed by atoms with Gasteiger partial charge in [0.2, 0.25) is 5.91 Å². The molecule has 1 aliphatic rings. The van der Waals surface area contributed by atoms with Crippen molar-refractivity contribution in [2.75, 3.05) is 24.6 Å². The lowest BCUT2D eigenvalue weighted by Gasteiger charge is -2.30. The van der Waals surface area contributed by atoms with Crippen LogP contribution in [-0.4, -0.2) is 36.4 Å². The molecule has 2 aromatic carbocycles. The molecule has 0 atom stereocenters. The van der Waals surface area contributed by atoms with Crippen molar-refractivity contribution in [1.82, 2.24) is 4.90 Å². The van der Waals surface area contributed by atoms with Gasteiger partial charge in [-0.2, -0.15) is 0 Å². The summed E-state index contributed by atoms with van der Waals surface area (Å²) in [6.45, 7) is 5.85. The number of benzene rings is 2. The molecular formula is C22H26N2O3. The average molecular weight is 366 g/mol. The van der Waals surface area contributed by atoms with Gasteiger partial charge in [0.05, 0.1) is 5.69 Å². The molecule has 2 amide bonds. The first-order chi connectivity index (χ1) is 13.1. The highest BCUT2D eigenvalue weighted by molar-refractivity contribution is 5.98. The summed E-state index contributed by atoms with van der Waals surface area (Å²) in [7, 11) is 0. The number of carbonyl (C=O) groups is 2. The van der Waals surface area contributed by atoms with Gasteiger partial charge in [-0.25, -0.2) is 0 Å². The molecule has 142 valence electrons. The van der Waals surface area contributed by atoms with Crippen LogP contribution in [0.1, 0.15) is 30.9 Å². The van der Waals surface area contributed by atoms with Crippen LogP contribution in [-0.2, 0) is 16.1 Å². The number of hydrogen-bond acceptors (Lipinski definition) is 3. The summed E-state index contributed by atoms with van der Waals surface area (Å²) in [4.78, 5) is 28.5. The van der Waals surface area contributed by atoms with E-state index in [0.717, 1.165) is 22.6 Å². The van der Waals surface area contributed by atoms with Crippen molar-refractivity contribution in [3.05, 3.63) is 59.7 Å². The average Bonchev–Trinajstić information content (AvgIpc) is 2.68. The quantitative estimate of drug-likeness (QED) is 0.753. The van der Waals surface area contributed by atoms with Crippen molar-refractivity contribution in [1.29, 1.82) is 0 Å². The lowest BCUT2D eigenvalue weighted by atomic mass is 10.1. The number of nitrogens with zero attached hydrogens (tertiary/aromatic N) is 2. The normalized spacial score (nSPS) is 13.1. The molecule has 0 fully saturated rings. The number of rotatable bonds is 7. The molecule has 3 rings (SSSR count). The molecule has 1 aliphatic heterocycles. The summed E-state index contributed by atoms with van der Waals surface area (Å²) in [5, 5.41) is 0. The van der Waals surface area contributed by atoms with E-state index in [-0.39, 0.29) is 18.4 Å². The molecule has 2 aromatic rings. The van der Waals surface area contributed by atoms with E-state index in [1.54, 1.807) is 4.90 Å². The largest absolute Gasteiger partial charge is 0.482 e. The molecule has 0 unspecified atom stereocenters. The predicted molar refractivity (Wildman–Crippen MR) is 106 cm³/mol. The van der Waals surface area contributed by atoms with Crippen LogP contribution in [0.25, 0.3) is 0 Å². The molecule has 1 heterocycles.